The van der Waals surface area contributed by atoms with Crippen LogP contribution >= 0.6 is 0 Å². The van der Waals surface area contributed by atoms with Gasteiger partial charge in [0.1, 0.15) is 0 Å². The minimum atomic E-state index is 0.538. The molecule has 1 heterocycles. The third kappa shape index (κ3) is 2.25. The summed E-state index contributed by atoms with van der Waals surface area (Å²) in [6.45, 7) is 0.816. The van der Waals surface area contributed by atoms with Crippen molar-refractivity contribution in [2.45, 2.75) is 13.0 Å². The molecule has 0 saturated carbocycles. The van der Waals surface area contributed by atoms with Crippen molar-refractivity contribution < 1.29 is 0 Å². The zero-order valence-corrected chi connectivity index (χ0v) is 10.6. The molecule has 0 radical (unpaired) electrons. The minimum absolute atomic E-state index is 0.538. The summed E-state index contributed by atoms with van der Waals surface area (Å²) in [6.07, 6.45) is 0.931. The number of anilines is 2. The average Bonchev–Trinajstić information content (AvgIpc) is 2.72. The van der Waals surface area contributed by atoms with Gasteiger partial charge in [-0.3, -0.25) is 0 Å². The fourth-order valence-corrected chi connectivity index (χ4v) is 2.29. The number of nitrogens with two attached hydrogens (primary N) is 2. The second-order valence-electron chi connectivity index (χ2n) is 4.61. The van der Waals surface area contributed by atoms with Gasteiger partial charge in [0.05, 0.1) is 11.0 Å². The van der Waals surface area contributed by atoms with Crippen LogP contribution in [0, 0.1) is 0 Å². The first kappa shape index (κ1) is 11.6. The Morgan fingerprint density at radius 2 is 1.79 bits per heavy atom. The quantitative estimate of drug-likeness (QED) is 0.703. The molecule has 2 aromatic carbocycles. The second-order valence-corrected chi connectivity index (χ2v) is 4.61. The van der Waals surface area contributed by atoms with Crippen LogP contribution < -0.4 is 11.5 Å². The van der Waals surface area contributed by atoms with Gasteiger partial charge < -0.3 is 16.0 Å². The zero-order chi connectivity index (χ0) is 13.2. The fraction of sp³-hybridized carbons (Fsp3) is 0.133. The van der Waals surface area contributed by atoms with E-state index in [1.165, 1.54) is 5.56 Å². The lowest BCUT2D eigenvalue weighted by atomic mass is 10.1. The normalized spacial score (nSPS) is 10.9. The average molecular weight is 252 g/mol. The highest BCUT2D eigenvalue weighted by Crippen LogP contribution is 2.20. The van der Waals surface area contributed by atoms with Crippen molar-refractivity contribution in [3.05, 3.63) is 54.1 Å². The van der Waals surface area contributed by atoms with Crippen LogP contribution in [-0.4, -0.2) is 9.55 Å². The van der Waals surface area contributed by atoms with Gasteiger partial charge in [0.25, 0.3) is 0 Å². The zero-order valence-electron chi connectivity index (χ0n) is 10.6. The largest absolute Gasteiger partial charge is 0.399 e. The van der Waals surface area contributed by atoms with Crippen LogP contribution in [0.25, 0.3) is 11.0 Å². The maximum atomic E-state index is 5.98. The molecule has 0 aliphatic carbocycles. The molecule has 3 rings (SSSR count). The van der Waals surface area contributed by atoms with Crippen LogP contribution in [-0.2, 0) is 13.0 Å². The van der Waals surface area contributed by atoms with E-state index in [9.17, 15) is 0 Å². The molecule has 19 heavy (non-hydrogen) atoms. The number of aromatic nitrogens is 2. The van der Waals surface area contributed by atoms with Crippen LogP contribution in [0.15, 0.2) is 48.5 Å². The Labute approximate surface area is 111 Å². The standard InChI is InChI=1S/C15H16N4/c16-12-6-7-14-13(10-12)18-15(17)19(14)9-8-11-4-2-1-3-5-11/h1-7,10H,8-9,16H2,(H2,17,18). The maximum absolute atomic E-state index is 5.98. The van der Waals surface area contributed by atoms with Gasteiger partial charge in [0, 0.05) is 12.2 Å². The molecule has 0 saturated heterocycles. The summed E-state index contributed by atoms with van der Waals surface area (Å²) in [6, 6.07) is 16.1. The van der Waals surface area contributed by atoms with E-state index in [2.05, 4.69) is 17.1 Å². The molecule has 0 bridgehead atoms. The first-order valence-electron chi connectivity index (χ1n) is 6.29. The van der Waals surface area contributed by atoms with E-state index in [1.54, 1.807) is 0 Å². The molecule has 4 heteroatoms. The number of hydrogen-bond donors (Lipinski definition) is 2. The molecule has 0 atom stereocenters. The molecule has 0 fully saturated rings. The van der Waals surface area contributed by atoms with Gasteiger partial charge in [-0.1, -0.05) is 30.3 Å². The summed E-state index contributed by atoms with van der Waals surface area (Å²) in [4.78, 5) is 4.35. The Morgan fingerprint density at radius 3 is 2.58 bits per heavy atom. The van der Waals surface area contributed by atoms with Gasteiger partial charge in [-0.25, -0.2) is 4.98 Å². The number of imidazole rings is 1. The Balaban J connectivity index is 1.90. The molecule has 3 aromatic rings. The van der Waals surface area contributed by atoms with E-state index in [0.717, 1.165) is 24.0 Å². The molecule has 4 nitrogen and oxygen atoms in total. The molecule has 1 aromatic heterocycles. The van der Waals surface area contributed by atoms with E-state index in [-0.39, 0.29) is 0 Å². The SMILES string of the molecule is Nc1ccc2c(c1)nc(N)n2CCc1ccccc1. The topological polar surface area (TPSA) is 69.9 Å². The van der Waals surface area contributed by atoms with Crippen LogP contribution in [0.4, 0.5) is 11.6 Å². The molecular weight excluding hydrogens is 236 g/mol. The van der Waals surface area contributed by atoms with Gasteiger partial charge in [-0.2, -0.15) is 0 Å². The summed E-state index contributed by atoms with van der Waals surface area (Å²) in [5, 5.41) is 0. The monoisotopic (exact) mass is 252 g/mol. The second kappa shape index (κ2) is 4.65. The van der Waals surface area contributed by atoms with E-state index in [0.29, 0.717) is 11.6 Å². The van der Waals surface area contributed by atoms with Crippen LogP contribution in [0.3, 0.4) is 0 Å². The number of nitrogens with zero attached hydrogens (tertiary/aromatic N) is 2. The summed E-state index contributed by atoms with van der Waals surface area (Å²) >= 11 is 0. The lowest BCUT2D eigenvalue weighted by Gasteiger charge is -2.06. The molecule has 0 spiro atoms. The molecule has 0 amide bonds. The van der Waals surface area contributed by atoms with Crippen molar-refractivity contribution in [2.24, 2.45) is 0 Å². The molecule has 0 unspecified atom stereocenters. The maximum Gasteiger partial charge on any atom is 0.201 e. The van der Waals surface area contributed by atoms with Gasteiger partial charge >= 0.3 is 0 Å². The van der Waals surface area contributed by atoms with Crippen LogP contribution in [0.2, 0.25) is 0 Å². The van der Waals surface area contributed by atoms with Crippen molar-refractivity contribution >= 4 is 22.7 Å². The lowest BCUT2D eigenvalue weighted by molar-refractivity contribution is 0.726. The third-order valence-electron chi connectivity index (χ3n) is 3.27. The third-order valence-corrected chi connectivity index (χ3v) is 3.27. The van der Waals surface area contributed by atoms with E-state index >= 15 is 0 Å². The van der Waals surface area contributed by atoms with Gasteiger partial charge in [0.15, 0.2) is 0 Å². The fourth-order valence-electron chi connectivity index (χ4n) is 2.29. The minimum Gasteiger partial charge on any atom is -0.399 e. The summed E-state index contributed by atoms with van der Waals surface area (Å²) in [5.74, 6) is 0.538. The predicted molar refractivity (Wildman–Crippen MR) is 78.7 cm³/mol. The van der Waals surface area contributed by atoms with E-state index in [4.69, 9.17) is 11.5 Å². The summed E-state index contributed by atoms with van der Waals surface area (Å²) in [7, 11) is 0. The smallest absolute Gasteiger partial charge is 0.201 e. The van der Waals surface area contributed by atoms with Crippen LogP contribution in [0.5, 0.6) is 0 Å². The number of aryl methyl sites for hydroxylation is 2. The van der Waals surface area contributed by atoms with Gasteiger partial charge in [-0.15, -0.1) is 0 Å². The number of hydrogen-bond acceptors (Lipinski definition) is 3. The molecule has 0 aliphatic heterocycles. The van der Waals surface area contributed by atoms with Crippen molar-refractivity contribution in [1.82, 2.24) is 9.55 Å². The van der Waals surface area contributed by atoms with Gasteiger partial charge in [0.2, 0.25) is 5.95 Å². The Kier molecular flexibility index (Phi) is 2.83. The summed E-state index contributed by atoms with van der Waals surface area (Å²) < 4.78 is 2.03. The van der Waals surface area contributed by atoms with Crippen molar-refractivity contribution in [3.8, 4) is 0 Å². The first-order valence-corrected chi connectivity index (χ1v) is 6.29. The lowest BCUT2D eigenvalue weighted by Crippen LogP contribution is -2.05. The Morgan fingerprint density at radius 1 is 1.00 bits per heavy atom. The van der Waals surface area contributed by atoms with Crippen molar-refractivity contribution in [3.63, 3.8) is 0 Å². The highest BCUT2D eigenvalue weighted by atomic mass is 15.1. The highest BCUT2D eigenvalue weighted by molar-refractivity contribution is 5.81. The van der Waals surface area contributed by atoms with Crippen molar-refractivity contribution in [2.75, 3.05) is 11.5 Å². The predicted octanol–water partition coefficient (Wildman–Crippen LogP) is 2.44. The Bertz CT molecular complexity index is 701. The molecule has 0 aliphatic rings. The van der Waals surface area contributed by atoms with Crippen LogP contribution in [0.1, 0.15) is 5.56 Å². The highest BCUT2D eigenvalue weighted by Gasteiger charge is 2.08. The van der Waals surface area contributed by atoms with Gasteiger partial charge in [-0.05, 0) is 30.2 Å². The van der Waals surface area contributed by atoms with E-state index in [1.807, 2.05) is 41.0 Å². The number of nitrogen functional groups attached to an aromatic ring is 2. The number of benzene rings is 2. The number of rotatable bonds is 3. The molecule has 96 valence electrons. The van der Waals surface area contributed by atoms with Crippen molar-refractivity contribution in [1.29, 1.82) is 0 Å². The first-order chi connectivity index (χ1) is 9.24. The molecular formula is C15H16N4. The molecule has 4 N–H and O–H groups in total. The number of fused-ring (bicyclic) bond motifs is 1. The Hall–Kier alpha value is -2.49. The van der Waals surface area contributed by atoms with E-state index < -0.39 is 0 Å². The summed E-state index contributed by atoms with van der Waals surface area (Å²) in [5.41, 5.74) is 15.6.